The van der Waals surface area contributed by atoms with Crippen molar-refractivity contribution in [3.05, 3.63) is 0 Å². The van der Waals surface area contributed by atoms with Crippen LogP contribution >= 0.6 is 0 Å². The number of nitrogens with one attached hydrogen (secondary N) is 1. The summed E-state index contributed by atoms with van der Waals surface area (Å²) >= 11 is 0. The highest BCUT2D eigenvalue weighted by Crippen LogP contribution is 2.17. The van der Waals surface area contributed by atoms with Crippen molar-refractivity contribution < 1.29 is 18.0 Å². The molecule has 1 fully saturated rings. The molecule has 0 radical (unpaired) electrons. The number of likely N-dealkylation sites (tertiary alicyclic amines) is 1. The molecule has 0 aromatic carbocycles. The van der Waals surface area contributed by atoms with Crippen molar-refractivity contribution in [2.45, 2.75) is 40.0 Å². The van der Waals surface area contributed by atoms with E-state index in [0.29, 0.717) is 13.0 Å². The van der Waals surface area contributed by atoms with E-state index in [1.165, 1.54) is 0 Å². The van der Waals surface area contributed by atoms with E-state index in [4.69, 9.17) is 0 Å². The molecule has 0 aromatic rings. The van der Waals surface area contributed by atoms with Gasteiger partial charge >= 0.3 is 0 Å². The summed E-state index contributed by atoms with van der Waals surface area (Å²) in [5.74, 6) is -0.440. The molecule has 21 heavy (non-hydrogen) atoms. The molecule has 1 heterocycles. The van der Waals surface area contributed by atoms with E-state index in [-0.39, 0.29) is 23.4 Å². The van der Waals surface area contributed by atoms with Crippen LogP contribution in [0.15, 0.2) is 0 Å². The number of amides is 1. The van der Waals surface area contributed by atoms with E-state index in [9.17, 15) is 18.0 Å². The molecular weight excluding hydrogens is 292 g/mol. The Hall–Kier alpha value is -0.950. The fourth-order valence-corrected chi connectivity index (χ4v) is 3.52. The van der Waals surface area contributed by atoms with Crippen LogP contribution in [0.4, 0.5) is 0 Å². The summed E-state index contributed by atoms with van der Waals surface area (Å²) in [5.41, 5.74) is 0. The Bertz CT molecular complexity index is 465. The second kappa shape index (κ2) is 7.89. The minimum atomic E-state index is -3.53. The third-order valence-corrected chi connectivity index (χ3v) is 5.17. The molecule has 7 heteroatoms. The van der Waals surface area contributed by atoms with Gasteiger partial charge < -0.3 is 4.90 Å². The predicted octanol–water partition coefficient (Wildman–Crippen LogP) is 0.780. The Balaban J connectivity index is 2.28. The largest absolute Gasteiger partial charge is 0.303 e. The van der Waals surface area contributed by atoms with Crippen LogP contribution < -0.4 is 4.72 Å². The molecule has 1 saturated heterocycles. The van der Waals surface area contributed by atoms with Crippen molar-refractivity contribution in [3.63, 3.8) is 0 Å². The number of rotatable bonds is 7. The Morgan fingerprint density at radius 3 is 2.29 bits per heavy atom. The predicted molar refractivity (Wildman–Crippen MR) is 81.2 cm³/mol. The van der Waals surface area contributed by atoms with Crippen molar-refractivity contribution in [1.82, 2.24) is 9.62 Å². The summed E-state index contributed by atoms with van der Waals surface area (Å²) in [6.45, 7) is 7.30. The molecule has 0 saturated carbocycles. The Labute approximate surface area is 127 Å². The topological polar surface area (TPSA) is 83.6 Å². The van der Waals surface area contributed by atoms with Gasteiger partial charge in [-0.1, -0.05) is 13.8 Å². The molecule has 1 rings (SSSR count). The monoisotopic (exact) mass is 318 g/mol. The van der Waals surface area contributed by atoms with E-state index in [0.717, 1.165) is 25.9 Å². The molecule has 1 aliphatic rings. The fourth-order valence-electron chi connectivity index (χ4n) is 2.36. The third kappa shape index (κ3) is 6.56. The molecule has 6 nitrogen and oxygen atoms in total. The highest BCUT2D eigenvalue weighted by Gasteiger charge is 2.22. The number of nitrogens with zero attached hydrogens (tertiary/aromatic N) is 1. The van der Waals surface area contributed by atoms with Gasteiger partial charge in [-0.25, -0.2) is 8.42 Å². The lowest BCUT2D eigenvalue weighted by atomic mass is 9.93. The van der Waals surface area contributed by atoms with Crippen LogP contribution in [0.1, 0.15) is 40.0 Å². The van der Waals surface area contributed by atoms with E-state index < -0.39 is 15.9 Å². The maximum Gasteiger partial charge on any atom is 0.235 e. The van der Waals surface area contributed by atoms with Gasteiger partial charge in [-0.2, -0.15) is 0 Å². The van der Waals surface area contributed by atoms with Gasteiger partial charge in [0.2, 0.25) is 15.9 Å². The lowest BCUT2D eigenvalue weighted by molar-refractivity contribution is -0.122. The van der Waals surface area contributed by atoms with Crippen molar-refractivity contribution in [1.29, 1.82) is 0 Å². The van der Waals surface area contributed by atoms with Crippen molar-refractivity contribution in [2.24, 2.45) is 11.8 Å². The summed E-state index contributed by atoms with van der Waals surface area (Å²) < 4.78 is 25.6. The number of ketones is 1. The van der Waals surface area contributed by atoms with E-state index in [2.05, 4.69) is 9.62 Å². The second-order valence-electron chi connectivity index (χ2n) is 6.02. The van der Waals surface area contributed by atoms with Gasteiger partial charge in [-0.05, 0) is 45.8 Å². The maximum atomic E-state index is 11.7. The molecule has 0 aromatic heterocycles. The van der Waals surface area contributed by atoms with Gasteiger partial charge in [-0.15, -0.1) is 0 Å². The number of carbonyl (C=O) groups excluding carboxylic acids is 2. The van der Waals surface area contributed by atoms with E-state index in [1.807, 2.05) is 0 Å². The average molecular weight is 318 g/mol. The smallest absolute Gasteiger partial charge is 0.235 e. The molecule has 0 unspecified atom stereocenters. The highest BCUT2D eigenvalue weighted by atomic mass is 32.2. The van der Waals surface area contributed by atoms with Crippen LogP contribution in [0.3, 0.4) is 0 Å². The SMILES string of the molecule is CC(=O)C1CCN(CCCS(=O)(=O)NC(=O)C(C)C)CC1. The third-order valence-electron chi connectivity index (χ3n) is 3.83. The number of sulfonamides is 1. The Morgan fingerprint density at radius 2 is 1.81 bits per heavy atom. The summed E-state index contributed by atoms with van der Waals surface area (Å²) in [7, 11) is -3.53. The molecule has 1 N–H and O–H groups in total. The zero-order chi connectivity index (χ0) is 16.0. The van der Waals surface area contributed by atoms with Gasteiger partial charge in [0.05, 0.1) is 5.75 Å². The highest BCUT2D eigenvalue weighted by molar-refractivity contribution is 7.90. The van der Waals surface area contributed by atoms with Crippen LogP contribution in [-0.4, -0.2) is 50.4 Å². The summed E-state index contributed by atoms with van der Waals surface area (Å²) in [4.78, 5) is 24.8. The number of hydrogen-bond acceptors (Lipinski definition) is 5. The van der Waals surface area contributed by atoms with E-state index >= 15 is 0 Å². The lowest BCUT2D eigenvalue weighted by Crippen LogP contribution is -2.38. The van der Waals surface area contributed by atoms with Crippen LogP contribution in [-0.2, 0) is 19.6 Å². The first-order valence-corrected chi connectivity index (χ1v) is 9.13. The Morgan fingerprint density at radius 1 is 1.24 bits per heavy atom. The molecule has 0 atom stereocenters. The molecular formula is C14H26N2O4S. The van der Waals surface area contributed by atoms with Crippen LogP contribution in [0.5, 0.6) is 0 Å². The van der Waals surface area contributed by atoms with Gasteiger partial charge in [0.1, 0.15) is 5.78 Å². The van der Waals surface area contributed by atoms with E-state index in [1.54, 1.807) is 20.8 Å². The lowest BCUT2D eigenvalue weighted by Gasteiger charge is -2.30. The molecule has 0 spiro atoms. The van der Waals surface area contributed by atoms with Crippen LogP contribution in [0.2, 0.25) is 0 Å². The number of hydrogen-bond donors (Lipinski definition) is 1. The summed E-state index contributed by atoms with van der Waals surface area (Å²) in [6.07, 6.45) is 2.20. The van der Waals surface area contributed by atoms with Gasteiger partial charge in [0.25, 0.3) is 0 Å². The molecule has 1 aliphatic heterocycles. The van der Waals surface area contributed by atoms with Gasteiger partial charge in [0, 0.05) is 11.8 Å². The first kappa shape index (κ1) is 18.1. The summed E-state index contributed by atoms with van der Waals surface area (Å²) in [6, 6.07) is 0. The molecule has 1 amide bonds. The number of Topliss-reactive ketones (excluding diaryl/α,β-unsaturated/α-hetero) is 1. The standard InChI is InChI=1S/C14H26N2O4S/c1-11(2)14(18)15-21(19,20)10-4-7-16-8-5-13(6-9-16)12(3)17/h11,13H,4-10H2,1-3H3,(H,15,18). The van der Waals surface area contributed by atoms with Gasteiger partial charge in [0.15, 0.2) is 0 Å². The quantitative estimate of drug-likeness (QED) is 0.750. The summed E-state index contributed by atoms with van der Waals surface area (Å²) in [5, 5.41) is 0. The zero-order valence-corrected chi connectivity index (χ0v) is 13.9. The minimum absolute atomic E-state index is 0.0436. The Kier molecular flexibility index (Phi) is 6.80. The zero-order valence-electron chi connectivity index (χ0n) is 13.1. The van der Waals surface area contributed by atoms with Crippen LogP contribution in [0, 0.1) is 11.8 Å². The van der Waals surface area contributed by atoms with Crippen molar-refractivity contribution in [2.75, 3.05) is 25.4 Å². The first-order valence-electron chi connectivity index (χ1n) is 7.48. The fraction of sp³-hybridized carbons (Fsp3) is 0.857. The second-order valence-corrected chi connectivity index (χ2v) is 7.86. The van der Waals surface area contributed by atoms with Crippen molar-refractivity contribution in [3.8, 4) is 0 Å². The van der Waals surface area contributed by atoms with Crippen LogP contribution in [0.25, 0.3) is 0 Å². The van der Waals surface area contributed by atoms with Gasteiger partial charge in [-0.3, -0.25) is 14.3 Å². The number of carbonyl (C=O) groups is 2. The minimum Gasteiger partial charge on any atom is -0.303 e. The first-order chi connectivity index (χ1) is 9.71. The molecule has 0 bridgehead atoms. The average Bonchev–Trinajstić information content (AvgIpc) is 2.38. The normalized spacial score (nSPS) is 17.9. The molecule has 122 valence electrons. The number of piperidine rings is 1. The maximum absolute atomic E-state index is 11.7. The van der Waals surface area contributed by atoms with Crippen molar-refractivity contribution >= 4 is 21.7 Å². The molecule has 0 aliphatic carbocycles.